The molecule has 4 nitrogen and oxygen atoms in total. The van der Waals surface area contributed by atoms with E-state index in [4.69, 9.17) is 4.74 Å². The lowest BCUT2D eigenvalue weighted by Crippen LogP contribution is -2.33. The monoisotopic (exact) mass is 318 g/mol. The van der Waals surface area contributed by atoms with Gasteiger partial charge < -0.3 is 10.1 Å². The van der Waals surface area contributed by atoms with Gasteiger partial charge in [-0.1, -0.05) is 44.7 Å². The van der Waals surface area contributed by atoms with Gasteiger partial charge in [0.1, 0.15) is 5.75 Å². The van der Waals surface area contributed by atoms with Crippen LogP contribution in [0.5, 0.6) is 5.75 Å². The molecule has 1 aliphatic heterocycles. The predicted octanol–water partition coefficient (Wildman–Crippen LogP) is 3.69. The number of aliphatic imine (C=N–C) groups is 1. The number of hydrogen-bond acceptors (Lipinski definition) is 4. The molecule has 1 aromatic carbocycles. The van der Waals surface area contributed by atoms with Crippen LogP contribution in [0.15, 0.2) is 35.3 Å². The Morgan fingerprint density at radius 1 is 1.27 bits per heavy atom. The molecule has 0 aliphatic carbocycles. The summed E-state index contributed by atoms with van der Waals surface area (Å²) in [5.41, 5.74) is 1.72. The maximum atomic E-state index is 11.4. The van der Waals surface area contributed by atoms with Crippen LogP contribution in [0.2, 0.25) is 0 Å². The van der Waals surface area contributed by atoms with Gasteiger partial charge in [0.25, 0.3) is 0 Å². The molecule has 22 heavy (non-hydrogen) atoms. The van der Waals surface area contributed by atoms with Gasteiger partial charge in [-0.05, 0) is 23.8 Å². The third kappa shape index (κ3) is 4.13. The Kier molecular flexibility index (Phi) is 4.96. The molecule has 1 atom stereocenters. The van der Waals surface area contributed by atoms with Gasteiger partial charge in [-0.25, -0.2) is 0 Å². The zero-order valence-corrected chi connectivity index (χ0v) is 14.5. The molecule has 1 unspecified atom stereocenters. The van der Waals surface area contributed by atoms with Gasteiger partial charge in [-0.3, -0.25) is 9.79 Å². The van der Waals surface area contributed by atoms with Gasteiger partial charge in [0, 0.05) is 23.0 Å². The highest BCUT2D eigenvalue weighted by atomic mass is 32.2. The average Bonchev–Trinajstić information content (AvgIpc) is 2.45. The summed E-state index contributed by atoms with van der Waals surface area (Å²) in [4.78, 5) is 17.1. The van der Waals surface area contributed by atoms with Crippen molar-refractivity contribution in [1.29, 1.82) is 0 Å². The molecule has 0 saturated heterocycles. The number of rotatable bonds is 3. The van der Waals surface area contributed by atoms with E-state index in [1.54, 1.807) is 18.9 Å². The summed E-state index contributed by atoms with van der Waals surface area (Å²) in [7, 11) is 1.65. The minimum atomic E-state index is -0.283. The second-order valence-electron chi connectivity index (χ2n) is 6.17. The van der Waals surface area contributed by atoms with Gasteiger partial charge in [0.15, 0.2) is 5.50 Å². The van der Waals surface area contributed by atoms with E-state index in [0.29, 0.717) is 0 Å². The second kappa shape index (κ2) is 6.57. The largest absolute Gasteiger partial charge is 0.497 e. The van der Waals surface area contributed by atoms with E-state index in [-0.39, 0.29) is 16.8 Å². The van der Waals surface area contributed by atoms with Crippen molar-refractivity contribution in [1.82, 2.24) is 5.32 Å². The Hall–Kier alpha value is -1.75. The van der Waals surface area contributed by atoms with Crippen molar-refractivity contribution >= 4 is 28.3 Å². The summed E-state index contributed by atoms with van der Waals surface area (Å²) in [6.45, 7) is 7.87. The fourth-order valence-corrected chi connectivity index (χ4v) is 3.10. The van der Waals surface area contributed by atoms with Gasteiger partial charge >= 0.3 is 0 Å². The van der Waals surface area contributed by atoms with Crippen molar-refractivity contribution in [3.05, 3.63) is 35.9 Å². The highest BCUT2D eigenvalue weighted by molar-refractivity contribution is 8.08. The minimum Gasteiger partial charge on any atom is -0.497 e. The summed E-state index contributed by atoms with van der Waals surface area (Å²) < 4.78 is 5.20. The number of carbonyl (C=O) groups is 1. The molecule has 0 fully saturated rings. The Balaban J connectivity index is 2.34. The molecule has 0 saturated carbocycles. The van der Waals surface area contributed by atoms with Crippen LogP contribution in [0.4, 0.5) is 0 Å². The number of methoxy groups -OCH3 is 1. The number of benzene rings is 1. The molecule has 1 amide bonds. The van der Waals surface area contributed by atoms with Crippen LogP contribution < -0.4 is 10.1 Å². The van der Waals surface area contributed by atoms with Gasteiger partial charge in [-0.15, -0.1) is 0 Å². The number of thioether (sulfide) groups is 1. The average molecular weight is 318 g/mol. The molecule has 118 valence electrons. The first-order chi connectivity index (χ1) is 10.3. The highest BCUT2D eigenvalue weighted by Crippen LogP contribution is 2.37. The fraction of sp³-hybridized carbons (Fsp3) is 0.412. The van der Waals surface area contributed by atoms with Gasteiger partial charge in [0.05, 0.1) is 7.11 Å². The van der Waals surface area contributed by atoms with Crippen molar-refractivity contribution < 1.29 is 9.53 Å². The number of amides is 1. The van der Waals surface area contributed by atoms with Crippen molar-refractivity contribution in [3.8, 4) is 5.75 Å². The van der Waals surface area contributed by atoms with Crippen LogP contribution in [0, 0.1) is 5.41 Å². The van der Waals surface area contributed by atoms with E-state index >= 15 is 0 Å². The summed E-state index contributed by atoms with van der Waals surface area (Å²) in [6, 6.07) is 7.92. The fourth-order valence-electron chi connectivity index (χ4n) is 2.02. The zero-order valence-electron chi connectivity index (χ0n) is 13.6. The summed E-state index contributed by atoms with van der Waals surface area (Å²) >= 11 is 1.55. The smallest absolute Gasteiger partial charge is 0.219 e. The molecule has 0 aromatic heterocycles. The van der Waals surface area contributed by atoms with Crippen molar-refractivity contribution in [3.63, 3.8) is 0 Å². The van der Waals surface area contributed by atoms with Crippen molar-refractivity contribution in [2.24, 2.45) is 10.4 Å². The Labute approximate surface area is 136 Å². The van der Waals surface area contributed by atoms with E-state index in [1.807, 2.05) is 24.3 Å². The van der Waals surface area contributed by atoms with Gasteiger partial charge in [0.2, 0.25) is 5.91 Å². The Morgan fingerprint density at radius 3 is 2.41 bits per heavy atom. The molecule has 1 N–H and O–H groups in total. The maximum absolute atomic E-state index is 11.4. The Bertz CT molecular complexity index is 613. The van der Waals surface area contributed by atoms with Gasteiger partial charge in [-0.2, -0.15) is 0 Å². The lowest BCUT2D eigenvalue weighted by atomic mass is 9.89. The van der Waals surface area contributed by atoms with E-state index in [9.17, 15) is 4.79 Å². The van der Waals surface area contributed by atoms with E-state index < -0.39 is 0 Å². The molecule has 0 spiro atoms. The molecule has 1 aliphatic rings. The first kappa shape index (κ1) is 16.6. The maximum Gasteiger partial charge on any atom is 0.219 e. The van der Waals surface area contributed by atoms with Crippen LogP contribution >= 0.6 is 11.8 Å². The molecule has 5 heteroatoms. The standard InChI is InChI=1S/C17H22N2O2S/c1-11(20)18-16-19-15(17(2,3)4)10-14(22-16)12-6-8-13(21-5)9-7-12/h6-10,16H,1-5H3,(H,18,20). The molecule has 0 bridgehead atoms. The topological polar surface area (TPSA) is 50.7 Å². The third-order valence-electron chi connectivity index (χ3n) is 3.23. The predicted molar refractivity (Wildman–Crippen MR) is 93.1 cm³/mol. The zero-order chi connectivity index (χ0) is 16.3. The summed E-state index contributed by atoms with van der Waals surface area (Å²) in [6.07, 6.45) is 2.10. The minimum absolute atomic E-state index is 0.0740. The lowest BCUT2D eigenvalue weighted by Gasteiger charge is -2.27. The van der Waals surface area contributed by atoms with Crippen LogP contribution in [0.25, 0.3) is 4.91 Å². The normalized spacial score (nSPS) is 18.3. The number of ether oxygens (including phenoxy) is 1. The van der Waals surface area contributed by atoms with Crippen molar-refractivity contribution in [2.45, 2.75) is 33.2 Å². The van der Waals surface area contributed by atoms with Crippen LogP contribution in [0.3, 0.4) is 0 Å². The molecular weight excluding hydrogens is 296 g/mol. The third-order valence-corrected chi connectivity index (χ3v) is 4.29. The summed E-state index contributed by atoms with van der Waals surface area (Å²) in [5.74, 6) is 0.749. The van der Waals surface area contributed by atoms with Crippen molar-refractivity contribution in [2.75, 3.05) is 7.11 Å². The number of nitrogens with one attached hydrogen (secondary N) is 1. The van der Waals surface area contributed by atoms with Crippen LogP contribution in [-0.2, 0) is 4.79 Å². The molecule has 0 radical (unpaired) electrons. The number of hydrogen-bond donors (Lipinski definition) is 1. The van der Waals surface area contributed by atoms with E-state index in [0.717, 1.165) is 21.9 Å². The number of nitrogens with zero attached hydrogens (tertiary/aromatic N) is 1. The molecular formula is C17H22N2O2S. The lowest BCUT2D eigenvalue weighted by molar-refractivity contribution is -0.119. The van der Waals surface area contributed by atoms with Crippen LogP contribution in [-0.4, -0.2) is 24.2 Å². The highest BCUT2D eigenvalue weighted by Gasteiger charge is 2.25. The first-order valence-electron chi connectivity index (χ1n) is 7.18. The quantitative estimate of drug-likeness (QED) is 0.924. The SMILES string of the molecule is COc1ccc(C2=CC(C(C)(C)C)=NC(NC(C)=O)S2)cc1. The van der Waals surface area contributed by atoms with Crippen LogP contribution in [0.1, 0.15) is 33.3 Å². The molecule has 1 heterocycles. The number of allylic oxidation sites excluding steroid dienone is 1. The van der Waals surface area contributed by atoms with E-state index in [1.165, 1.54) is 6.92 Å². The number of carbonyl (C=O) groups excluding carboxylic acids is 1. The Morgan fingerprint density at radius 2 is 1.91 bits per heavy atom. The molecule has 2 rings (SSSR count). The first-order valence-corrected chi connectivity index (χ1v) is 8.06. The second-order valence-corrected chi connectivity index (χ2v) is 7.29. The molecule has 1 aromatic rings. The summed E-state index contributed by atoms with van der Waals surface area (Å²) in [5, 5.41) is 2.88. The van der Waals surface area contributed by atoms with E-state index in [2.05, 4.69) is 37.2 Å².